The maximum Gasteiger partial charge on any atom is 0.145 e. The van der Waals surface area contributed by atoms with Gasteiger partial charge in [-0.05, 0) is 99.0 Å². The van der Waals surface area contributed by atoms with E-state index >= 15 is 0 Å². The molecule has 8 rings (SSSR count). The Morgan fingerprint density at radius 2 is 1.52 bits per heavy atom. The minimum atomic E-state index is 0.884. The van der Waals surface area contributed by atoms with Crippen LogP contribution < -0.4 is 0 Å². The molecule has 6 aromatic carbocycles. The third-order valence-corrected chi connectivity index (χ3v) is 9.47. The lowest BCUT2D eigenvalue weighted by Gasteiger charge is -2.21. The Morgan fingerprint density at radius 1 is 0.771 bits per heavy atom. The number of aromatic nitrogens is 2. The van der Waals surface area contributed by atoms with Crippen LogP contribution in [0.15, 0.2) is 164 Å². The molecular weight excluding hydrogens is 581 g/mol. The monoisotopic (exact) mass is 616 g/mol. The Balaban J connectivity index is 1.29. The van der Waals surface area contributed by atoms with Crippen molar-refractivity contribution in [2.45, 2.75) is 19.8 Å². The fraction of sp³-hybridized carbons (Fsp3) is 0.0652. The summed E-state index contributed by atoms with van der Waals surface area (Å²) in [5.74, 6) is 0.903. The van der Waals surface area contributed by atoms with E-state index in [1.807, 2.05) is 18.2 Å². The van der Waals surface area contributed by atoms with E-state index in [0.29, 0.717) is 0 Å². The molecule has 1 aromatic heterocycles. The molecule has 0 saturated carbocycles. The maximum absolute atomic E-state index is 5.04. The summed E-state index contributed by atoms with van der Waals surface area (Å²) in [6, 6.07) is 43.1. The van der Waals surface area contributed by atoms with Gasteiger partial charge in [-0.1, -0.05) is 146 Å². The van der Waals surface area contributed by atoms with Crippen molar-refractivity contribution < 1.29 is 0 Å². The highest BCUT2D eigenvalue weighted by atomic mass is 15.1. The molecule has 1 aliphatic rings. The number of benzene rings is 6. The lowest BCUT2D eigenvalue weighted by atomic mass is 9.83. The first-order valence-corrected chi connectivity index (χ1v) is 16.6. The van der Waals surface area contributed by atoms with Gasteiger partial charge >= 0.3 is 0 Å². The largest absolute Gasteiger partial charge is 0.292 e. The summed E-state index contributed by atoms with van der Waals surface area (Å²) in [4.78, 5) is 5.04. The molecule has 0 fully saturated rings. The van der Waals surface area contributed by atoms with E-state index in [-0.39, 0.29) is 0 Å². The molecule has 230 valence electrons. The fourth-order valence-corrected chi connectivity index (χ4v) is 7.19. The summed E-state index contributed by atoms with van der Waals surface area (Å²) >= 11 is 0. The average molecular weight is 617 g/mol. The third kappa shape index (κ3) is 5.32. The SMILES string of the molecule is C=C/C(=C\C=C(/C)c1c2c(c(Cc3ccc4ccccc4c3)c3ccccc13)CC=CC=C2)n1c(-c2ccccc2)nc2ccccc21. The van der Waals surface area contributed by atoms with Gasteiger partial charge in [0.05, 0.1) is 11.0 Å². The number of imidazole rings is 1. The molecule has 0 bridgehead atoms. The fourth-order valence-electron chi connectivity index (χ4n) is 7.19. The highest BCUT2D eigenvalue weighted by Crippen LogP contribution is 2.39. The van der Waals surface area contributed by atoms with E-state index in [4.69, 9.17) is 4.98 Å². The number of rotatable bonds is 7. The molecule has 1 aliphatic carbocycles. The van der Waals surface area contributed by atoms with Gasteiger partial charge < -0.3 is 0 Å². The quantitative estimate of drug-likeness (QED) is 0.163. The minimum Gasteiger partial charge on any atom is -0.292 e. The van der Waals surface area contributed by atoms with Gasteiger partial charge in [0, 0.05) is 11.3 Å². The number of para-hydroxylation sites is 2. The van der Waals surface area contributed by atoms with Crippen molar-refractivity contribution in [2.24, 2.45) is 0 Å². The molecule has 0 amide bonds. The summed E-state index contributed by atoms with van der Waals surface area (Å²) in [7, 11) is 0. The zero-order chi connectivity index (χ0) is 32.5. The molecule has 2 heteroatoms. The van der Waals surface area contributed by atoms with Crippen LogP contribution in [0.1, 0.15) is 34.7 Å². The zero-order valence-corrected chi connectivity index (χ0v) is 27.1. The molecule has 1 heterocycles. The first-order chi connectivity index (χ1) is 23.7. The van der Waals surface area contributed by atoms with Crippen LogP contribution in [0.5, 0.6) is 0 Å². The van der Waals surface area contributed by atoms with E-state index in [1.54, 1.807) is 0 Å². The highest BCUT2D eigenvalue weighted by Gasteiger charge is 2.20. The van der Waals surface area contributed by atoms with Crippen LogP contribution in [0, 0.1) is 0 Å². The van der Waals surface area contributed by atoms with Crippen molar-refractivity contribution in [3.05, 3.63) is 192 Å². The van der Waals surface area contributed by atoms with Crippen molar-refractivity contribution in [3.8, 4) is 11.4 Å². The first kappa shape index (κ1) is 29.4. The summed E-state index contributed by atoms with van der Waals surface area (Å²) < 4.78 is 2.22. The van der Waals surface area contributed by atoms with Crippen LogP contribution in [0.2, 0.25) is 0 Å². The van der Waals surface area contributed by atoms with E-state index in [9.17, 15) is 0 Å². The molecule has 48 heavy (non-hydrogen) atoms. The summed E-state index contributed by atoms with van der Waals surface area (Å²) in [5, 5.41) is 5.15. The smallest absolute Gasteiger partial charge is 0.145 e. The molecular formula is C46H36N2. The Bertz CT molecular complexity index is 2470. The van der Waals surface area contributed by atoms with Gasteiger partial charge in [-0.2, -0.15) is 0 Å². The summed E-state index contributed by atoms with van der Waals surface area (Å²) in [6.45, 7) is 6.48. The Labute approximate surface area is 282 Å². The standard InChI is InChI=1S/C46H36N2/c1-3-37(48-44-25-15-14-24-43(44)47-46(48)35-17-6-4-7-18-35)29-26-32(2)45-40-22-9-5-8-20-38(40)42(39-21-12-13-23-41(39)45)31-33-27-28-34-16-10-11-19-36(34)30-33/h3-19,21-30H,1,20,31H2,2H3/b32-26+,37-29+. The molecule has 0 aliphatic heterocycles. The van der Waals surface area contributed by atoms with Crippen LogP contribution >= 0.6 is 0 Å². The Kier molecular flexibility index (Phi) is 7.76. The van der Waals surface area contributed by atoms with Gasteiger partial charge in [0.25, 0.3) is 0 Å². The van der Waals surface area contributed by atoms with E-state index in [1.165, 1.54) is 54.9 Å². The van der Waals surface area contributed by atoms with Gasteiger partial charge in [-0.15, -0.1) is 0 Å². The van der Waals surface area contributed by atoms with E-state index in [2.05, 4.69) is 164 Å². The molecule has 0 spiro atoms. The highest BCUT2D eigenvalue weighted by molar-refractivity contribution is 6.01. The molecule has 0 N–H and O–H groups in total. The number of hydrogen-bond acceptors (Lipinski definition) is 1. The van der Waals surface area contributed by atoms with Gasteiger partial charge in [-0.3, -0.25) is 4.57 Å². The lowest BCUT2D eigenvalue weighted by molar-refractivity contribution is 1.13. The van der Waals surface area contributed by atoms with E-state index in [0.717, 1.165) is 41.0 Å². The first-order valence-electron chi connectivity index (χ1n) is 16.6. The number of nitrogens with zero attached hydrogens (tertiary/aromatic N) is 2. The summed E-state index contributed by atoms with van der Waals surface area (Å²) in [5.41, 5.74) is 12.0. The van der Waals surface area contributed by atoms with Crippen molar-refractivity contribution in [3.63, 3.8) is 0 Å². The zero-order valence-electron chi connectivity index (χ0n) is 27.1. The molecule has 0 saturated heterocycles. The molecule has 0 unspecified atom stereocenters. The minimum absolute atomic E-state index is 0.884. The van der Waals surface area contributed by atoms with Crippen LogP contribution in [-0.4, -0.2) is 9.55 Å². The Morgan fingerprint density at radius 3 is 2.38 bits per heavy atom. The summed E-state index contributed by atoms with van der Waals surface area (Å²) in [6.07, 6.45) is 17.1. The molecule has 0 atom stereocenters. The molecule has 2 nitrogen and oxygen atoms in total. The second-order valence-electron chi connectivity index (χ2n) is 12.4. The van der Waals surface area contributed by atoms with Crippen LogP contribution in [0.25, 0.3) is 61.3 Å². The number of allylic oxidation sites excluding steroid dienone is 8. The Hall–Kier alpha value is -5.99. The van der Waals surface area contributed by atoms with E-state index < -0.39 is 0 Å². The lowest BCUT2D eigenvalue weighted by Crippen LogP contribution is -2.04. The second kappa shape index (κ2) is 12.7. The second-order valence-corrected chi connectivity index (χ2v) is 12.4. The van der Waals surface area contributed by atoms with Crippen molar-refractivity contribution in [1.82, 2.24) is 9.55 Å². The van der Waals surface area contributed by atoms with Gasteiger partial charge in [0.1, 0.15) is 5.82 Å². The van der Waals surface area contributed by atoms with Crippen molar-refractivity contribution in [1.29, 1.82) is 0 Å². The molecule has 7 aromatic rings. The molecule has 0 radical (unpaired) electrons. The topological polar surface area (TPSA) is 17.8 Å². The van der Waals surface area contributed by atoms with Gasteiger partial charge in [0.2, 0.25) is 0 Å². The average Bonchev–Trinajstić information content (AvgIpc) is 3.35. The number of hydrogen-bond donors (Lipinski definition) is 0. The normalized spacial score (nSPS) is 13.3. The third-order valence-electron chi connectivity index (χ3n) is 9.47. The predicted octanol–water partition coefficient (Wildman–Crippen LogP) is 11.9. The van der Waals surface area contributed by atoms with Gasteiger partial charge in [0.15, 0.2) is 0 Å². The number of fused-ring (bicyclic) bond motifs is 4. The van der Waals surface area contributed by atoms with Gasteiger partial charge in [-0.25, -0.2) is 4.98 Å². The predicted molar refractivity (Wildman–Crippen MR) is 206 cm³/mol. The van der Waals surface area contributed by atoms with Crippen LogP contribution in [0.3, 0.4) is 0 Å². The van der Waals surface area contributed by atoms with Crippen LogP contribution in [-0.2, 0) is 12.8 Å². The van der Waals surface area contributed by atoms with Crippen LogP contribution in [0.4, 0.5) is 0 Å². The van der Waals surface area contributed by atoms with Crippen molar-refractivity contribution in [2.75, 3.05) is 0 Å². The maximum atomic E-state index is 5.04. The van der Waals surface area contributed by atoms with Crippen molar-refractivity contribution >= 4 is 49.9 Å².